The summed E-state index contributed by atoms with van der Waals surface area (Å²) in [6.45, 7) is 0.162. The molecule has 1 aliphatic carbocycles. The van der Waals surface area contributed by atoms with Gasteiger partial charge in [-0.1, -0.05) is 29.8 Å². The lowest BCUT2D eigenvalue weighted by Gasteiger charge is -2.18. The van der Waals surface area contributed by atoms with Crippen molar-refractivity contribution in [3.05, 3.63) is 81.1 Å². The van der Waals surface area contributed by atoms with Gasteiger partial charge in [0.05, 0.1) is 40.8 Å². The monoisotopic (exact) mass is 455 g/mol. The fourth-order valence-corrected chi connectivity index (χ4v) is 3.75. The van der Waals surface area contributed by atoms with Gasteiger partial charge in [0.1, 0.15) is 11.6 Å². The minimum atomic E-state index is -0.446. The third kappa shape index (κ3) is 4.66. The Morgan fingerprint density at radius 1 is 1.34 bits per heavy atom. The normalized spacial score (nSPS) is 14.1. The number of aliphatic hydroxyl groups is 1. The first kappa shape index (κ1) is 22.0. The van der Waals surface area contributed by atoms with Gasteiger partial charge in [0, 0.05) is 30.6 Å². The zero-order valence-electron chi connectivity index (χ0n) is 17.2. The number of halogens is 2. The maximum absolute atomic E-state index is 13.9. The van der Waals surface area contributed by atoms with Crippen LogP contribution in [0.15, 0.2) is 53.6 Å². The lowest BCUT2D eigenvalue weighted by atomic mass is 10.2. The van der Waals surface area contributed by atoms with Crippen LogP contribution in [0.5, 0.6) is 0 Å². The molecule has 1 aromatic carbocycles. The standard InChI is InChI=1S/C23H23ClFN5O2/c24-17-12-28-22(29-20(13-31)14-5-6-14)9-21(17)30-8-7-19(16(10-26)23(30)32)27-11-15-3-1-2-4-18(15)25/h1-4,7-10,12,14,20,26-27,31H,5-6,11,13H2,(H,28,29). The average Bonchev–Trinajstić information content (AvgIpc) is 3.64. The highest BCUT2D eigenvalue weighted by molar-refractivity contribution is 6.32. The molecule has 1 saturated carbocycles. The van der Waals surface area contributed by atoms with Crippen LogP contribution >= 0.6 is 11.6 Å². The molecule has 7 nitrogen and oxygen atoms in total. The highest BCUT2D eigenvalue weighted by Gasteiger charge is 2.31. The summed E-state index contributed by atoms with van der Waals surface area (Å²) in [5, 5.41) is 23.8. The highest BCUT2D eigenvalue weighted by Crippen LogP contribution is 2.34. The van der Waals surface area contributed by atoms with Gasteiger partial charge in [0.2, 0.25) is 0 Å². The van der Waals surface area contributed by atoms with E-state index in [1.54, 1.807) is 36.5 Å². The summed E-state index contributed by atoms with van der Waals surface area (Å²) in [4.78, 5) is 17.4. The molecule has 0 aliphatic heterocycles. The van der Waals surface area contributed by atoms with Crippen LogP contribution in [0.3, 0.4) is 0 Å². The summed E-state index contributed by atoms with van der Waals surface area (Å²) >= 11 is 6.33. The molecule has 1 fully saturated rings. The molecule has 2 heterocycles. The van der Waals surface area contributed by atoms with Crippen molar-refractivity contribution in [3.63, 3.8) is 0 Å². The topological polar surface area (TPSA) is 103 Å². The molecule has 166 valence electrons. The maximum atomic E-state index is 13.9. The van der Waals surface area contributed by atoms with Gasteiger partial charge < -0.3 is 21.1 Å². The van der Waals surface area contributed by atoms with E-state index in [0.29, 0.717) is 28.7 Å². The largest absolute Gasteiger partial charge is 0.394 e. The number of benzene rings is 1. The molecular formula is C23H23ClFN5O2. The Morgan fingerprint density at radius 3 is 2.81 bits per heavy atom. The van der Waals surface area contributed by atoms with Crippen molar-refractivity contribution >= 4 is 29.3 Å². The number of nitrogens with zero attached hydrogens (tertiary/aromatic N) is 2. The van der Waals surface area contributed by atoms with E-state index in [1.807, 2.05) is 0 Å². The Bertz CT molecular complexity index is 1200. The average molecular weight is 456 g/mol. The van der Waals surface area contributed by atoms with Crippen LogP contribution in [0.25, 0.3) is 5.69 Å². The lowest BCUT2D eigenvalue weighted by molar-refractivity contribution is 0.263. The summed E-state index contributed by atoms with van der Waals surface area (Å²) in [6, 6.07) is 9.56. The fraction of sp³-hybridized carbons (Fsp3) is 0.261. The number of anilines is 2. The van der Waals surface area contributed by atoms with Crippen LogP contribution in [0.2, 0.25) is 5.02 Å². The SMILES string of the molecule is N=Cc1c(NCc2ccccc2F)ccn(-c2cc(NC(CO)C3CC3)ncc2Cl)c1=O. The van der Waals surface area contributed by atoms with Crippen LogP contribution < -0.4 is 16.2 Å². The predicted molar refractivity (Wildman–Crippen MR) is 124 cm³/mol. The maximum Gasteiger partial charge on any atom is 0.266 e. The van der Waals surface area contributed by atoms with Crippen LogP contribution in [0, 0.1) is 17.1 Å². The number of aromatic nitrogens is 2. The van der Waals surface area contributed by atoms with Crippen molar-refractivity contribution in [2.75, 3.05) is 17.2 Å². The van der Waals surface area contributed by atoms with Crippen LogP contribution in [0.4, 0.5) is 15.9 Å². The molecule has 3 aromatic rings. The third-order valence-corrected chi connectivity index (χ3v) is 5.81. The molecule has 0 saturated heterocycles. The first-order chi connectivity index (χ1) is 15.5. The van der Waals surface area contributed by atoms with Gasteiger partial charge in [-0.25, -0.2) is 9.37 Å². The Morgan fingerprint density at radius 2 is 2.12 bits per heavy atom. The van der Waals surface area contributed by atoms with E-state index in [2.05, 4.69) is 15.6 Å². The van der Waals surface area contributed by atoms with Crippen molar-refractivity contribution < 1.29 is 9.50 Å². The molecule has 0 spiro atoms. The van der Waals surface area contributed by atoms with Crippen molar-refractivity contribution in [2.45, 2.75) is 25.4 Å². The van der Waals surface area contributed by atoms with Crippen molar-refractivity contribution in [2.24, 2.45) is 5.92 Å². The molecule has 9 heteroatoms. The minimum absolute atomic E-state index is 0.00934. The molecule has 32 heavy (non-hydrogen) atoms. The van der Waals surface area contributed by atoms with E-state index in [4.69, 9.17) is 17.0 Å². The summed E-state index contributed by atoms with van der Waals surface area (Å²) in [7, 11) is 0. The van der Waals surface area contributed by atoms with E-state index in [-0.39, 0.29) is 35.6 Å². The molecule has 4 N–H and O–H groups in total. The van der Waals surface area contributed by atoms with Gasteiger partial charge in [-0.2, -0.15) is 0 Å². The second kappa shape index (κ2) is 9.50. The Kier molecular flexibility index (Phi) is 6.53. The number of hydrogen-bond acceptors (Lipinski definition) is 6. The summed E-state index contributed by atoms with van der Waals surface area (Å²) < 4.78 is 15.2. The van der Waals surface area contributed by atoms with Gasteiger partial charge in [-0.05, 0) is 30.9 Å². The van der Waals surface area contributed by atoms with Crippen molar-refractivity contribution in [3.8, 4) is 5.69 Å². The van der Waals surface area contributed by atoms with Crippen LogP contribution in [-0.2, 0) is 6.54 Å². The summed E-state index contributed by atoms with van der Waals surface area (Å²) in [5.74, 6) is 0.564. The van der Waals surface area contributed by atoms with E-state index < -0.39 is 5.56 Å². The fourth-order valence-electron chi connectivity index (χ4n) is 3.56. The van der Waals surface area contributed by atoms with E-state index >= 15 is 0 Å². The molecule has 1 atom stereocenters. The number of aliphatic hydroxyl groups excluding tert-OH is 1. The van der Waals surface area contributed by atoms with Crippen LogP contribution in [0.1, 0.15) is 24.0 Å². The minimum Gasteiger partial charge on any atom is -0.394 e. The van der Waals surface area contributed by atoms with E-state index in [9.17, 15) is 14.3 Å². The third-order valence-electron chi connectivity index (χ3n) is 5.52. The molecule has 1 unspecified atom stereocenters. The van der Waals surface area contributed by atoms with Gasteiger partial charge in [0.25, 0.3) is 5.56 Å². The Hall–Kier alpha value is -3.23. The smallest absolute Gasteiger partial charge is 0.266 e. The zero-order valence-corrected chi connectivity index (χ0v) is 17.9. The molecular weight excluding hydrogens is 433 g/mol. The number of pyridine rings is 2. The number of hydrogen-bond donors (Lipinski definition) is 4. The van der Waals surface area contributed by atoms with Gasteiger partial charge in [-0.15, -0.1) is 0 Å². The molecule has 0 amide bonds. The molecule has 2 aromatic heterocycles. The Labute approximate surface area is 189 Å². The van der Waals surface area contributed by atoms with Crippen molar-refractivity contribution in [1.82, 2.24) is 9.55 Å². The second-order valence-corrected chi connectivity index (χ2v) is 8.11. The molecule has 4 rings (SSSR count). The first-order valence-electron chi connectivity index (χ1n) is 10.3. The number of rotatable bonds is 9. The molecule has 1 aliphatic rings. The molecule has 0 radical (unpaired) electrons. The van der Waals surface area contributed by atoms with E-state index in [1.165, 1.54) is 16.8 Å². The van der Waals surface area contributed by atoms with E-state index in [0.717, 1.165) is 19.1 Å². The summed E-state index contributed by atoms with van der Waals surface area (Å²) in [5.41, 5.74) is 0.957. The van der Waals surface area contributed by atoms with Gasteiger partial charge >= 0.3 is 0 Å². The summed E-state index contributed by atoms with van der Waals surface area (Å²) in [6.07, 6.45) is 6.08. The lowest BCUT2D eigenvalue weighted by Crippen LogP contribution is -2.27. The first-order valence-corrected chi connectivity index (χ1v) is 10.7. The van der Waals surface area contributed by atoms with Crippen LogP contribution in [-0.4, -0.2) is 33.5 Å². The van der Waals surface area contributed by atoms with Gasteiger partial charge in [0.15, 0.2) is 0 Å². The quantitative estimate of drug-likeness (QED) is 0.367. The Balaban J connectivity index is 1.63. The molecule has 0 bridgehead atoms. The second-order valence-electron chi connectivity index (χ2n) is 7.70. The predicted octanol–water partition coefficient (Wildman–Crippen LogP) is 3.82. The highest BCUT2D eigenvalue weighted by atomic mass is 35.5. The van der Waals surface area contributed by atoms with Crippen molar-refractivity contribution in [1.29, 1.82) is 5.41 Å². The van der Waals surface area contributed by atoms with Gasteiger partial charge in [-0.3, -0.25) is 9.36 Å². The zero-order chi connectivity index (χ0) is 22.7. The number of nitrogens with one attached hydrogen (secondary N) is 3.